The van der Waals surface area contributed by atoms with Crippen LogP contribution in [0, 0.1) is 0 Å². The van der Waals surface area contributed by atoms with Crippen molar-refractivity contribution in [3.8, 4) is 0 Å². The second-order valence-electron chi connectivity index (χ2n) is 5.77. The summed E-state index contributed by atoms with van der Waals surface area (Å²) in [6.45, 7) is 1.85. The summed E-state index contributed by atoms with van der Waals surface area (Å²) in [5.74, 6) is 0.134. The van der Waals surface area contributed by atoms with Crippen LogP contribution in [0.3, 0.4) is 0 Å². The van der Waals surface area contributed by atoms with Gasteiger partial charge in [-0.15, -0.1) is 0 Å². The van der Waals surface area contributed by atoms with Crippen LogP contribution >= 0.6 is 0 Å². The average Bonchev–Trinajstić information content (AvgIpc) is 2.57. The van der Waals surface area contributed by atoms with Gasteiger partial charge in [0, 0.05) is 23.7 Å². The molecule has 0 saturated carbocycles. The zero-order valence-electron chi connectivity index (χ0n) is 13.6. The van der Waals surface area contributed by atoms with E-state index in [1.807, 2.05) is 43.5 Å². The first-order valence-corrected chi connectivity index (χ1v) is 9.65. The number of fused-ring (bicyclic) bond motifs is 1. The number of benzene rings is 2. The lowest BCUT2D eigenvalue weighted by Gasteiger charge is -2.09. The number of rotatable bonds is 6. The molecular formula is C19H20N2O2S. The Morgan fingerprint density at radius 1 is 1.00 bits per heavy atom. The van der Waals surface area contributed by atoms with Gasteiger partial charge in [0.25, 0.3) is 0 Å². The Labute approximate surface area is 142 Å². The normalized spacial score (nSPS) is 11.5. The van der Waals surface area contributed by atoms with Crippen molar-refractivity contribution in [1.29, 1.82) is 0 Å². The van der Waals surface area contributed by atoms with Gasteiger partial charge in [0.1, 0.15) is 0 Å². The van der Waals surface area contributed by atoms with Gasteiger partial charge in [0.15, 0.2) is 0 Å². The molecule has 5 heteroatoms. The van der Waals surface area contributed by atoms with Crippen molar-refractivity contribution in [2.45, 2.75) is 19.8 Å². The SMILES string of the molecule is CCCS(=O)(=O)Nc1ccc(Cc2nccc3ccccc23)cc1. The summed E-state index contributed by atoms with van der Waals surface area (Å²) in [7, 11) is -3.25. The lowest BCUT2D eigenvalue weighted by molar-refractivity contribution is 0.600. The summed E-state index contributed by atoms with van der Waals surface area (Å²) in [6.07, 6.45) is 3.13. The van der Waals surface area contributed by atoms with Crippen LogP contribution in [0.4, 0.5) is 5.69 Å². The van der Waals surface area contributed by atoms with Crippen LogP contribution in [0.25, 0.3) is 10.8 Å². The van der Waals surface area contributed by atoms with Crippen LogP contribution in [0.5, 0.6) is 0 Å². The van der Waals surface area contributed by atoms with Crippen molar-refractivity contribution in [3.05, 3.63) is 72.1 Å². The standard InChI is InChI=1S/C19H20N2O2S/c1-2-13-24(22,23)21-17-9-7-15(8-10-17)14-19-18-6-4-3-5-16(18)11-12-20-19/h3-12,21H,2,13-14H2,1H3. The Bertz CT molecular complexity index is 930. The van der Waals surface area contributed by atoms with Crippen molar-refractivity contribution in [2.75, 3.05) is 10.5 Å². The van der Waals surface area contributed by atoms with Crippen LogP contribution in [0.1, 0.15) is 24.6 Å². The minimum Gasteiger partial charge on any atom is -0.284 e. The molecule has 0 bridgehead atoms. The van der Waals surface area contributed by atoms with Gasteiger partial charge in [0.2, 0.25) is 10.0 Å². The smallest absolute Gasteiger partial charge is 0.232 e. The van der Waals surface area contributed by atoms with Gasteiger partial charge in [-0.25, -0.2) is 8.42 Å². The highest BCUT2D eigenvalue weighted by molar-refractivity contribution is 7.92. The van der Waals surface area contributed by atoms with Gasteiger partial charge in [0.05, 0.1) is 11.4 Å². The fraction of sp³-hybridized carbons (Fsp3) is 0.211. The van der Waals surface area contributed by atoms with Crippen molar-refractivity contribution in [3.63, 3.8) is 0 Å². The first-order valence-electron chi connectivity index (χ1n) is 7.99. The number of anilines is 1. The summed E-state index contributed by atoms with van der Waals surface area (Å²) >= 11 is 0. The molecule has 0 aliphatic carbocycles. The molecule has 24 heavy (non-hydrogen) atoms. The highest BCUT2D eigenvalue weighted by Gasteiger charge is 2.09. The van der Waals surface area contributed by atoms with Crippen molar-refractivity contribution >= 4 is 26.5 Å². The number of hydrogen-bond acceptors (Lipinski definition) is 3. The van der Waals surface area contributed by atoms with Crippen LogP contribution < -0.4 is 4.72 Å². The Morgan fingerprint density at radius 3 is 2.50 bits per heavy atom. The van der Waals surface area contributed by atoms with E-state index in [4.69, 9.17) is 0 Å². The zero-order valence-corrected chi connectivity index (χ0v) is 14.4. The maximum absolute atomic E-state index is 11.8. The summed E-state index contributed by atoms with van der Waals surface area (Å²) in [4.78, 5) is 4.50. The van der Waals surface area contributed by atoms with Gasteiger partial charge in [-0.05, 0) is 35.6 Å². The molecular weight excluding hydrogens is 320 g/mol. The molecule has 0 atom stereocenters. The second kappa shape index (κ2) is 7.01. The molecule has 0 aliphatic heterocycles. The molecule has 124 valence electrons. The Hall–Kier alpha value is -2.40. The molecule has 1 heterocycles. The summed E-state index contributed by atoms with van der Waals surface area (Å²) in [6, 6.07) is 17.7. The molecule has 4 nitrogen and oxygen atoms in total. The lowest BCUT2D eigenvalue weighted by Crippen LogP contribution is -2.15. The summed E-state index contributed by atoms with van der Waals surface area (Å²) < 4.78 is 26.2. The van der Waals surface area contributed by atoms with Gasteiger partial charge in [-0.2, -0.15) is 0 Å². The predicted molar refractivity (Wildman–Crippen MR) is 98.7 cm³/mol. The molecule has 0 saturated heterocycles. The fourth-order valence-corrected chi connectivity index (χ4v) is 3.84. The van der Waals surface area contributed by atoms with Crippen LogP contribution in [-0.2, 0) is 16.4 Å². The Morgan fingerprint density at radius 2 is 1.75 bits per heavy atom. The molecule has 0 unspecified atom stereocenters. The number of nitrogens with zero attached hydrogens (tertiary/aromatic N) is 1. The van der Waals surface area contributed by atoms with Gasteiger partial charge >= 0.3 is 0 Å². The van der Waals surface area contributed by atoms with E-state index in [1.54, 1.807) is 12.1 Å². The molecule has 0 amide bonds. The summed E-state index contributed by atoms with van der Waals surface area (Å²) in [5, 5.41) is 2.32. The Kier molecular flexibility index (Phi) is 4.81. The molecule has 3 rings (SSSR count). The first kappa shape index (κ1) is 16.5. The van der Waals surface area contributed by atoms with E-state index in [9.17, 15) is 8.42 Å². The number of sulfonamides is 1. The summed E-state index contributed by atoms with van der Waals surface area (Å²) in [5.41, 5.74) is 2.71. The van der Waals surface area contributed by atoms with Gasteiger partial charge < -0.3 is 0 Å². The van der Waals surface area contributed by atoms with Crippen LogP contribution in [-0.4, -0.2) is 19.2 Å². The van der Waals surface area contributed by atoms with Crippen molar-refractivity contribution in [1.82, 2.24) is 4.98 Å². The number of pyridine rings is 1. The number of nitrogens with one attached hydrogen (secondary N) is 1. The molecule has 0 fully saturated rings. The average molecular weight is 340 g/mol. The largest absolute Gasteiger partial charge is 0.284 e. The van der Waals surface area contributed by atoms with E-state index in [2.05, 4.69) is 21.8 Å². The van der Waals surface area contributed by atoms with Crippen LogP contribution in [0.2, 0.25) is 0 Å². The van der Waals surface area contributed by atoms with Crippen LogP contribution in [0.15, 0.2) is 60.8 Å². The molecule has 0 spiro atoms. The first-order chi connectivity index (χ1) is 11.6. The minimum absolute atomic E-state index is 0.134. The number of hydrogen-bond donors (Lipinski definition) is 1. The molecule has 3 aromatic rings. The van der Waals surface area contributed by atoms with E-state index in [0.717, 1.165) is 16.6 Å². The van der Waals surface area contributed by atoms with E-state index < -0.39 is 10.0 Å². The minimum atomic E-state index is -3.25. The van der Waals surface area contributed by atoms with E-state index in [0.29, 0.717) is 18.5 Å². The third-order valence-electron chi connectivity index (χ3n) is 3.83. The topological polar surface area (TPSA) is 59.1 Å². The van der Waals surface area contributed by atoms with E-state index in [-0.39, 0.29) is 5.75 Å². The third kappa shape index (κ3) is 3.92. The van der Waals surface area contributed by atoms with E-state index in [1.165, 1.54) is 5.39 Å². The highest BCUT2D eigenvalue weighted by Crippen LogP contribution is 2.20. The van der Waals surface area contributed by atoms with Crippen molar-refractivity contribution in [2.24, 2.45) is 0 Å². The maximum atomic E-state index is 11.8. The zero-order chi connectivity index (χ0) is 17.0. The third-order valence-corrected chi connectivity index (χ3v) is 5.32. The predicted octanol–water partition coefficient (Wildman–Crippen LogP) is 3.98. The molecule has 1 aromatic heterocycles. The van der Waals surface area contributed by atoms with Gasteiger partial charge in [-0.1, -0.05) is 43.3 Å². The van der Waals surface area contributed by atoms with Crippen molar-refractivity contribution < 1.29 is 8.42 Å². The van der Waals surface area contributed by atoms with E-state index >= 15 is 0 Å². The Balaban J connectivity index is 1.79. The van der Waals surface area contributed by atoms with Gasteiger partial charge in [-0.3, -0.25) is 9.71 Å². The fourth-order valence-electron chi connectivity index (χ4n) is 2.71. The molecule has 2 aromatic carbocycles. The maximum Gasteiger partial charge on any atom is 0.232 e. The second-order valence-corrected chi connectivity index (χ2v) is 7.62. The quantitative estimate of drug-likeness (QED) is 0.738. The number of aromatic nitrogens is 1. The molecule has 0 radical (unpaired) electrons. The molecule has 1 N–H and O–H groups in total. The monoisotopic (exact) mass is 340 g/mol. The highest BCUT2D eigenvalue weighted by atomic mass is 32.2. The molecule has 0 aliphatic rings. The lowest BCUT2D eigenvalue weighted by atomic mass is 10.0.